The zero-order chi connectivity index (χ0) is 4.15. The first kappa shape index (κ1) is 3.48. The first-order valence-corrected chi connectivity index (χ1v) is 3.61. The summed E-state index contributed by atoms with van der Waals surface area (Å²) in [7, 11) is 0. The van der Waals surface area contributed by atoms with Crippen molar-refractivity contribution in [2.75, 3.05) is 5.33 Å². The van der Waals surface area contributed by atoms with Crippen molar-refractivity contribution in [2.45, 2.75) is 6.42 Å². The first-order valence-electron chi connectivity index (χ1n) is 2.49. The highest BCUT2D eigenvalue weighted by Gasteiger charge is 2.62. The molecule has 0 saturated heterocycles. The van der Waals surface area contributed by atoms with Gasteiger partial charge in [0.05, 0.1) is 0 Å². The van der Waals surface area contributed by atoms with Crippen molar-refractivity contribution in [1.82, 2.24) is 0 Å². The van der Waals surface area contributed by atoms with Crippen molar-refractivity contribution >= 4 is 15.9 Å². The molecule has 0 aromatic heterocycles. The number of rotatable bonds is 1. The largest absolute Gasteiger partial charge is 0.0925 e. The summed E-state index contributed by atoms with van der Waals surface area (Å²) in [6.07, 6.45) is 1.55. The van der Waals surface area contributed by atoms with Crippen LogP contribution in [0.25, 0.3) is 0 Å². The molecule has 34 valence electrons. The Morgan fingerprint density at radius 2 is 2.17 bits per heavy atom. The molecule has 0 nitrogen and oxygen atoms in total. The van der Waals surface area contributed by atoms with Crippen molar-refractivity contribution in [1.29, 1.82) is 0 Å². The van der Waals surface area contributed by atoms with Crippen LogP contribution in [0.5, 0.6) is 0 Å². The third-order valence-corrected chi connectivity index (χ3v) is 2.78. The average Bonchev–Trinajstić information content (AvgIpc) is 2.12. The molecule has 1 heteroatoms. The summed E-state index contributed by atoms with van der Waals surface area (Å²) in [6.45, 7) is 0. The van der Waals surface area contributed by atoms with Crippen LogP contribution >= 0.6 is 15.9 Å². The topological polar surface area (TPSA) is 0 Å². The van der Waals surface area contributed by atoms with Gasteiger partial charge in [-0.3, -0.25) is 0 Å². The van der Waals surface area contributed by atoms with E-state index in [4.69, 9.17) is 0 Å². The molecule has 0 heterocycles. The third kappa shape index (κ3) is 0.259. The Hall–Kier alpha value is 0.480. The van der Waals surface area contributed by atoms with Crippen molar-refractivity contribution in [3.05, 3.63) is 0 Å². The molecule has 0 bridgehead atoms. The summed E-state index contributed by atoms with van der Waals surface area (Å²) < 4.78 is 0. The molecule has 0 radical (unpaired) electrons. The molecule has 0 aromatic carbocycles. The lowest BCUT2D eigenvalue weighted by Crippen LogP contribution is -1.86. The molecule has 0 aromatic rings. The van der Waals surface area contributed by atoms with Gasteiger partial charge in [-0.1, -0.05) is 15.9 Å². The zero-order valence-electron chi connectivity index (χ0n) is 3.52. The predicted molar refractivity (Wildman–Crippen MR) is 28.9 cm³/mol. The van der Waals surface area contributed by atoms with E-state index in [0.717, 1.165) is 5.92 Å². The van der Waals surface area contributed by atoms with Crippen molar-refractivity contribution in [3.8, 4) is 0 Å². The fourth-order valence-corrected chi connectivity index (χ4v) is 2.10. The minimum Gasteiger partial charge on any atom is -0.0925 e. The van der Waals surface area contributed by atoms with Crippen LogP contribution in [0.1, 0.15) is 6.42 Å². The number of alkyl halides is 1. The van der Waals surface area contributed by atoms with E-state index in [2.05, 4.69) is 15.9 Å². The highest BCUT2D eigenvalue weighted by atomic mass is 79.9. The quantitative estimate of drug-likeness (QED) is 0.494. The maximum absolute atomic E-state index is 3.45. The van der Waals surface area contributed by atoms with Gasteiger partial charge < -0.3 is 0 Å². The zero-order valence-corrected chi connectivity index (χ0v) is 5.11. The lowest BCUT2D eigenvalue weighted by Gasteiger charge is -1.89. The van der Waals surface area contributed by atoms with E-state index in [1.165, 1.54) is 17.2 Å². The van der Waals surface area contributed by atoms with E-state index in [1.807, 2.05) is 0 Å². The van der Waals surface area contributed by atoms with Crippen molar-refractivity contribution < 1.29 is 0 Å². The second-order valence-electron chi connectivity index (χ2n) is 2.38. The number of hydrogen-bond acceptors (Lipinski definition) is 0. The molecule has 2 aliphatic carbocycles. The van der Waals surface area contributed by atoms with E-state index >= 15 is 0 Å². The minimum atomic E-state index is 1.12. The monoisotopic (exact) mass is 146 g/mol. The molecule has 2 atom stereocenters. The number of hydrogen-bond donors (Lipinski definition) is 0. The van der Waals surface area contributed by atoms with E-state index in [-0.39, 0.29) is 0 Å². The van der Waals surface area contributed by atoms with Crippen LogP contribution in [-0.2, 0) is 0 Å². The summed E-state index contributed by atoms with van der Waals surface area (Å²) in [5, 5.41) is 1.27. The second-order valence-corrected chi connectivity index (χ2v) is 3.03. The average molecular weight is 147 g/mol. The summed E-state index contributed by atoms with van der Waals surface area (Å²) in [5.41, 5.74) is 0. The van der Waals surface area contributed by atoms with Gasteiger partial charge >= 0.3 is 0 Å². The SMILES string of the molecule is BrCC1C2CC12. The molecule has 6 heavy (non-hydrogen) atoms. The van der Waals surface area contributed by atoms with E-state index in [1.54, 1.807) is 6.42 Å². The van der Waals surface area contributed by atoms with E-state index in [9.17, 15) is 0 Å². The lowest BCUT2D eigenvalue weighted by molar-refractivity contribution is 0.694. The standard InChI is InChI=1S/C5H7Br/c6-2-5-3-1-4(3)5/h3-5H,1-2H2. The maximum atomic E-state index is 3.45. The Kier molecular flexibility index (Phi) is 0.484. The Morgan fingerprint density at radius 3 is 2.17 bits per heavy atom. The van der Waals surface area contributed by atoms with Gasteiger partial charge in [0.25, 0.3) is 0 Å². The Morgan fingerprint density at radius 1 is 1.50 bits per heavy atom. The summed E-state index contributed by atoms with van der Waals surface area (Å²) >= 11 is 3.45. The Balaban J connectivity index is 1.92. The lowest BCUT2D eigenvalue weighted by atomic mass is 10.2. The first-order chi connectivity index (χ1) is 2.93. The third-order valence-electron chi connectivity index (χ3n) is 2.03. The van der Waals surface area contributed by atoms with Gasteiger partial charge in [-0.2, -0.15) is 0 Å². The number of fused-ring (bicyclic) bond motifs is 1. The molecule has 2 fully saturated rings. The van der Waals surface area contributed by atoms with E-state index < -0.39 is 0 Å². The van der Waals surface area contributed by atoms with Crippen LogP contribution in [-0.4, -0.2) is 5.33 Å². The van der Waals surface area contributed by atoms with Gasteiger partial charge in [-0.15, -0.1) is 0 Å². The van der Waals surface area contributed by atoms with Crippen LogP contribution in [0.3, 0.4) is 0 Å². The molecular formula is C5H7Br. The Bertz CT molecular complexity index is 72.0. The van der Waals surface area contributed by atoms with Gasteiger partial charge in [0.2, 0.25) is 0 Å². The molecule has 2 rings (SSSR count). The predicted octanol–water partition coefficient (Wildman–Crippen LogP) is 1.65. The van der Waals surface area contributed by atoms with Crippen LogP contribution in [0.15, 0.2) is 0 Å². The molecule has 0 amide bonds. The van der Waals surface area contributed by atoms with Gasteiger partial charge in [0.1, 0.15) is 0 Å². The fourth-order valence-electron chi connectivity index (χ4n) is 1.14. The summed E-state index contributed by atoms with van der Waals surface area (Å²) in [6, 6.07) is 0. The summed E-state index contributed by atoms with van der Waals surface area (Å²) in [5.74, 6) is 3.48. The molecule has 2 saturated carbocycles. The van der Waals surface area contributed by atoms with Gasteiger partial charge in [-0.25, -0.2) is 0 Å². The normalized spacial score (nSPS) is 60.5. The van der Waals surface area contributed by atoms with Crippen molar-refractivity contribution in [3.63, 3.8) is 0 Å². The van der Waals surface area contributed by atoms with Crippen LogP contribution in [0.2, 0.25) is 0 Å². The summed E-state index contributed by atoms with van der Waals surface area (Å²) in [4.78, 5) is 0. The molecular weight excluding hydrogens is 140 g/mol. The maximum Gasteiger partial charge on any atom is 0.00651 e. The highest BCUT2D eigenvalue weighted by molar-refractivity contribution is 9.09. The van der Waals surface area contributed by atoms with E-state index in [0.29, 0.717) is 0 Å². The van der Waals surface area contributed by atoms with Gasteiger partial charge in [0.15, 0.2) is 0 Å². The number of halogens is 1. The van der Waals surface area contributed by atoms with Crippen LogP contribution in [0, 0.1) is 17.8 Å². The smallest absolute Gasteiger partial charge is 0.00651 e. The molecule has 0 N–H and O–H groups in total. The van der Waals surface area contributed by atoms with Crippen molar-refractivity contribution in [2.24, 2.45) is 17.8 Å². The molecule has 2 unspecified atom stereocenters. The van der Waals surface area contributed by atoms with Crippen LogP contribution < -0.4 is 0 Å². The molecule has 2 aliphatic rings. The second kappa shape index (κ2) is 0.835. The fraction of sp³-hybridized carbons (Fsp3) is 1.00. The van der Waals surface area contributed by atoms with Gasteiger partial charge in [-0.05, 0) is 24.2 Å². The van der Waals surface area contributed by atoms with Gasteiger partial charge in [0, 0.05) is 5.33 Å². The minimum absolute atomic E-state index is 1.12. The Labute approximate surface area is 46.1 Å². The molecule has 0 aliphatic heterocycles. The highest BCUT2D eigenvalue weighted by Crippen LogP contribution is 2.68. The molecule has 0 spiro atoms. The van der Waals surface area contributed by atoms with Crippen LogP contribution in [0.4, 0.5) is 0 Å².